The second kappa shape index (κ2) is 8.44. The van der Waals surface area contributed by atoms with Gasteiger partial charge in [0.1, 0.15) is 23.6 Å². The topological polar surface area (TPSA) is 95.1 Å². The number of methoxy groups -OCH3 is 2. The van der Waals surface area contributed by atoms with Gasteiger partial charge < -0.3 is 29.4 Å². The van der Waals surface area contributed by atoms with Gasteiger partial charge in [-0.2, -0.15) is 0 Å². The standard InChI is InChI=1S/C25H27N3O5/c1-32-15-8-9-17(21(12-15)33-2)24-23-18(16-6-3-4-7-19(16)26-23)13-20-25(31)27(10-5-11-29)14-22(30)28(20)24/h3-4,6-9,12,20,24,26,29H,5,10-11,13-14H2,1-2H3/t20-,24+/m0/s1. The number of para-hydroxylation sites is 1. The predicted molar refractivity (Wildman–Crippen MR) is 122 cm³/mol. The summed E-state index contributed by atoms with van der Waals surface area (Å²) in [5, 5.41) is 10.3. The second-order valence-electron chi connectivity index (χ2n) is 8.43. The van der Waals surface area contributed by atoms with Gasteiger partial charge in [-0.3, -0.25) is 9.59 Å². The third-order valence-corrected chi connectivity index (χ3v) is 6.66. The van der Waals surface area contributed by atoms with Crippen LogP contribution < -0.4 is 9.47 Å². The normalized spacial score (nSPS) is 20.1. The zero-order chi connectivity index (χ0) is 23.1. The van der Waals surface area contributed by atoms with E-state index in [9.17, 15) is 14.7 Å². The van der Waals surface area contributed by atoms with E-state index in [1.807, 2.05) is 36.4 Å². The number of hydrogen-bond acceptors (Lipinski definition) is 5. The molecule has 0 bridgehead atoms. The number of rotatable bonds is 6. The van der Waals surface area contributed by atoms with Gasteiger partial charge in [0, 0.05) is 47.8 Å². The number of aromatic nitrogens is 1. The number of amides is 2. The fraction of sp³-hybridized carbons (Fsp3) is 0.360. The number of ether oxygens (including phenoxy) is 2. The molecule has 2 amide bonds. The van der Waals surface area contributed by atoms with E-state index in [0.29, 0.717) is 30.9 Å². The Morgan fingerprint density at radius 3 is 2.70 bits per heavy atom. The van der Waals surface area contributed by atoms with Crippen molar-refractivity contribution in [2.75, 3.05) is 33.9 Å². The predicted octanol–water partition coefficient (Wildman–Crippen LogP) is 2.25. The van der Waals surface area contributed by atoms with Crippen molar-refractivity contribution in [1.82, 2.24) is 14.8 Å². The molecule has 3 heterocycles. The van der Waals surface area contributed by atoms with E-state index in [2.05, 4.69) is 4.98 Å². The third kappa shape index (κ3) is 3.41. The molecule has 0 unspecified atom stereocenters. The number of H-pyrrole nitrogens is 1. The Labute approximate surface area is 191 Å². The fourth-order valence-electron chi connectivity index (χ4n) is 5.14. The Balaban J connectivity index is 1.69. The Morgan fingerprint density at radius 2 is 1.94 bits per heavy atom. The molecule has 172 valence electrons. The Morgan fingerprint density at radius 1 is 1.12 bits per heavy atom. The molecule has 1 aromatic heterocycles. The van der Waals surface area contributed by atoms with Crippen LogP contribution in [-0.4, -0.2) is 71.7 Å². The van der Waals surface area contributed by atoms with Gasteiger partial charge in [-0.25, -0.2) is 0 Å². The summed E-state index contributed by atoms with van der Waals surface area (Å²) in [7, 11) is 3.18. The molecule has 8 nitrogen and oxygen atoms in total. The molecule has 33 heavy (non-hydrogen) atoms. The summed E-state index contributed by atoms with van der Waals surface area (Å²) < 4.78 is 11.1. The molecule has 2 aliphatic heterocycles. The van der Waals surface area contributed by atoms with Gasteiger partial charge in [-0.1, -0.05) is 18.2 Å². The minimum atomic E-state index is -0.617. The maximum atomic E-state index is 13.5. The van der Waals surface area contributed by atoms with Gasteiger partial charge in [0.15, 0.2) is 0 Å². The van der Waals surface area contributed by atoms with Crippen LogP contribution >= 0.6 is 0 Å². The Bertz CT molecular complexity index is 1220. The van der Waals surface area contributed by atoms with Crippen LogP contribution in [0.25, 0.3) is 10.9 Å². The molecule has 5 rings (SSSR count). The van der Waals surface area contributed by atoms with Gasteiger partial charge in [0.2, 0.25) is 11.8 Å². The lowest BCUT2D eigenvalue weighted by atomic mass is 9.85. The number of benzene rings is 2. The molecule has 0 saturated carbocycles. The Hall–Kier alpha value is -3.52. The van der Waals surface area contributed by atoms with Crippen LogP contribution in [0.5, 0.6) is 11.5 Å². The van der Waals surface area contributed by atoms with Crippen molar-refractivity contribution in [2.24, 2.45) is 0 Å². The maximum Gasteiger partial charge on any atom is 0.246 e. The lowest BCUT2D eigenvalue weighted by Gasteiger charge is -2.47. The molecule has 2 aliphatic rings. The molecular weight excluding hydrogens is 422 g/mol. The van der Waals surface area contributed by atoms with Crippen LogP contribution in [0.2, 0.25) is 0 Å². The molecule has 2 aromatic carbocycles. The number of aliphatic hydroxyl groups excluding tert-OH is 1. The minimum Gasteiger partial charge on any atom is -0.497 e. The number of carbonyl (C=O) groups excluding carboxylic acids is 2. The molecule has 0 radical (unpaired) electrons. The monoisotopic (exact) mass is 449 g/mol. The van der Waals surface area contributed by atoms with Crippen LogP contribution in [0.4, 0.5) is 0 Å². The van der Waals surface area contributed by atoms with E-state index >= 15 is 0 Å². The molecule has 0 spiro atoms. The summed E-state index contributed by atoms with van der Waals surface area (Å²) >= 11 is 0. The van der Waals surface area contributed by atoms with Crippen molar-refractivity contribution >= 4 is 22.7 Å². The number of hydrogen-bond donors (Lipinski definition) is 2. The minimum absolute atomic E-state index is 0.000134. The summed E-state index contributed by atoms with van der Waals surface area (Å²) in [6.07, 6.45) is 0.883. The molecule has 1 fully saturated rings. The first-order chi connectivity index (χ1) is 16.1. The number of carbonyl (C=O) groups is 2. The highest BCUT2D eigenvalue weighted by Gasteiger charge is 2.48. The van der Waals surface area contributed by atoms with Gasteiger partial charge in [0.25, 0.3) is 0 Å². The summed E-state index contributed by atoms with van der Waals surface area (Å²) in [6, 6.07) is 12.4. The number of aromatic amines is 1. The first-order valence-electron chi connectivity index (χ1n) is 11.1. The first-order valence-corrected chi connectivity index (χ1v) is 11.1. The van der Waals surface area contributed by atoms with E-state index in [0.717, 1.165) is 27.7 Å². The van der Waals surface area contributed by atoms with Crippen LogP contribution in [0, 0.1) is 0 Å². The quantitative estimate of drug-likeness (QED) is 0.602. The van der Waals surface area contributed by atoms with Crippen molar-refractivity contribution in [3.63, 3.8) is 0 Å². The van der Waals surface area contributed by atoms with Gasteiger partial charge in [0.05, 0.1) is 20.8 Å². The number of nitrogens with zero attached hydrogens (tertiary/aromatic N) is 2. The molecule has 3 aromatic rings. The molecule has 1 saturated heterocycles. The zero-order valence-corrected chi connectivity index (χ0v) is 18.7. The van der Waals surface area contributed by atoms with Crippen molar-refractivity contribution in [1.29, 1.82) is 0 Å². The van der Waals surface area contributed by atoms with Gasteiger partial charge in [-0.15, -0.1) is 0 Å². The van der Waals surface area contributed by atoms with Gasteiger partial charge in [-0.05, 0) is 30.2 Å². The highest BCUT2D eigenvalue weighted by atomic mass is 16.5. The second-order valence-corrected chi connectivity index (χ2v) is 8.43. The largest absolute Gasteiger partial charge is 0.497 e. The van der Waals surface area contributed by atoms with Crippen molar-refractivity contribution in [3.8, 4) is 11.5 Å². The number of piperazine rings is 1. The van der Waals surface area contributed by atoms with Crippen LogP contribution in [0.15, 0.2) is 42.5 Å². The van der Waals surface area contributed by atoms with Crippen LogP contribution in [-0.2, 0) is 16.0 Å². The summed E-state index contributed by atoms with van der Waals surface area (Å²) in [6.45, 7) is 0.340. The molecule has 8 heteroatoms. The molecular formula is C25H27N3O5. The number of nitrogens with one attached hydrogen (secondary N) is 1. The first kappa shape index (κ1) is 21.3. The smallest absolute Gasteiger partial charge is 0.246 e. The summed E-state index contributed by atoms with van der Waals surface area (Å²) in [4.78, 5) is 33.8. The van der Waals surface area contributed by atoms with E-state index in [1.54, 1.807) is 30.1 Å². The Kier molecular flexibility index (Phi) is 5.46. The van der Waals surface area contributed by atoms with Crippen LogP contribution in [0.3, 0.4) is 0 Å². The average Bonchev–Trinajstić information content (AvgIpc) is 3.22. The van der Waals surface area contributed by atoms with Crippen LogP contribution in [0.1, 0.15) is 29.3 Å². The van der Waals surface area contributed by atoms with E-state index in [1.165, 1.54) is 0 Å². The van der Waals surface area contributed by atoms with Crippen molar-refractivity contribution in [3.05, 3.63) is 59.3 Å². The lowest BCUT2D eigenvalue weighted by molar-refractivity contribution is -0.158. The summed E-state index contributed by atoms with van der Waals surface area (Å²) in [5.74, 6) is 1.03. The summed E-state index contributed by atoms with van der Waals surface area (Å²) in [5.41, 5.74) is 3.71. The highest BCUT2D eigenvalue weighted by molar-refractivity contribution is 5.97. The number of aliphatic hydroxyl groups is 1. The molecule has 2 N–H and O–H groups in total. The zero-order valence-electron chi connectivity index (χ0n) is 18.7. The third-order valence-electron chi connectivity index (χ3n) is 6.66. The molecule has 2 atom stereocenters. The SMILES string of the molecule is COc1ccc([C@@H]2c3[nH]c4ccccc4c3C[C@H]3C(=O)N(CCCO)CC(=O)N23)c(OC)c1. The highest BCUT2D eigenvalue weighted by Crippen LogP contribution is 2.45. The van der Waals surface area contributed by atoms with Crippen molar-refractivity contribution in [2.45, 2.75) is 24.9 Å². The number of fused-ring (bicyclic) bond motifs is 4. The fourth-order valence-corrected chi connectivity index (χ4v) is 5.14. The lowest BCUT2D eigenvalue weighted by Crippen LogP contribution is -2.63. The van der Waals surface area contributed by atoms with E-state index in [-0.39, 0.29) is 25.0 Å². The van der Waals surface area contributed by atoms with Crippen molar-refractivity contribution < 1.29 is 24.2 Å². The molecule has 0 aliphatic carbocycles. The van der Waals surface area contributed by atoms with E-state index in [4.69, 9.17) is 9.47 Å². The van der Waals surface area contributed by atoms with Gasteiger partial charge >= 0.3 is 0 Å². The van der Waals surface area contributed by atoms with E-state index < -0.39 is 12.1 Å². The maximum absolute atomic E-state index is 13.5. The average molecular weight is 450 g/mol.